The van der Waals surface area contributed by atoms with Crippen LogP contribution in [-0.4, -0.2) is 30.6 Å². The molecule has 2 unspecified atom stereocenters. The summed E-state index contributed by atoms with van der Waals surface area (Å²) in [6, 6.07) is 12.3. The molecule has 2 rings (SSSR count). The van der Waals surface area contributed by atoms with Crippen molar-refractivity contribution < 1.29 is 0 Å². The van der Waals surface area contributed by atoms with Gasteiger partial charge in [-0.25, -0.2) is 0 Å². The Hall–Kier alpha value is -0.860. The van der Waals surface area contributed by atoms with Crippen molar-refractivity contribution in [3.8, 4) is 0 Å². The predicted molar refractivity (Wildman–Crippen MR) is 86.9 cm³/mol. The van der Waals surface area contributed by atoms with Gasteiger partial charge in [-0.2, -0.15) is 0 Å². The fraction of sp³-hybridized carbons (Fsp3) is 0.667. The zero-order valence-electron chi connectivity index (χ0n) is 13.3. The number of hydrogen-bond acceptors (Lipinski definition) is 2. The summed E-state index contributed by atoms with van der Waals surface area (Å²) in [5.74, 6) is 0.766. The second-order valence-corrected chi connectivity index (χ2v) is 6.21. The Morgan fingerprint density at radius 3 is 2.45 bits per heavy atom. The molecule has 112 valence electrons. The topological polar surface area (TPSA) is 15.3 Å². The molecule has 0 amide bonds. The van der Waals surface area contributed by atoms with E-state index in [1.807, 2.05) is 0 Å². The Morgan fingerprint density at radius 2 is 1.90 bits per heavy atom. The van der Waals surface area contributed by atoms with Crippen molar-refractivity contribution >= 4 is 0 Å². The van der Waals surface area contributed by atoms with Crippen molar-refractivity contribution in [1.29, 1.82) is 0 Å². The van der Waals surface area contributed by atoms with Crippen molar-refractivity contribution in [3.05, 3.63) is 35.9 Å². The average Bonchev–Trinajstić information content (AvgIpc) is 3.31. The predicted octanol–water partition coefficient (Wildman–Crippen LogP) is 3.85. The lowest BCUT2D eigenvalue weighted by Crippen LogP contribution is -2.38. The van der Waals surface area contributed by atoms with Crippen LogP contribution >= 0.6 is 0 Å². The summed E-state index contributed by atoms with van der Waals surface area (Å²) in [7, 11) is 0. The molecule has 0 heterocycles. The molecule has 20 heavy (non-hydrogen) atoms. The van der Waals surface area contributed by atoms with Crippen molar-refractivity contribution in [1.82, 2.24) is 10.2 Å². The molecule has 1 N–H and O–H groups in total. The Kier molecular flexibility index (Phi) is 6.06. The number of nitrogens with zero attached hydrogens (tertiary/aromatic N) is 1. The van der Waals surface area contributed by atoms with Gasteiger partial charge >= 0.3 is 0 Å². The van der Waals surface area contributed by atoms with E-state index in [-0.39, 0.29) is 0 Å². The van der Waals surface area contributed by atoms with Crippen molar-refractivity contribution in [2.75, 3.05) is 19.6 Å². The lowest BCUT2D eigenvalue weighted by atomic mass is 10.0. The highest BCUT2D eigenvalue weighted by molar-refractivity contribution is 5.19. The first kappa shape index (κ1) is 15.5. The van der Waals surface area contributed by atoms with Gasteiger partial charge in [-0.3, -0.25) is 4.90 Å². The SMILES string of the molecule is CCC(C)CN(CC)C(CNC1CC1)c1ccccc1. The lowest BCUT2D eigenvalue weighted by Gasteiger charge is -2.33. The molecule has 1 aromatic carbocycles. The third kappa shape index (κ3) is 4.60. The van der Waals surface area contributed by atoms with Crippen LogP contribution in [0.2, 0.25) is 0 Å². The van der Waals surface area contributed by atoms with Crippen LogP contribution in [0.15, 0.2) is 30.3 Å². The van der Waals surface area contributed by atoms with E-state index in [4.69, 9.17) is 0 Å². The van der Waals surface area contributed by atoms with E-state index in [9.17, 15) is 0 Å². The van der Waals surface area contributed by atoms with Crippen LogP contribution in [0.4, 0.5) is 0 Å². The zero-order chi connectivity index (χ0) is 14.4. The monoisotopic (exact) mass is 274 g/mol. The fourth-order valence-electron chi connectivity index (χ4n) is 2.70. The number of nitrogens with one attached hydrogen (secondary N) is 1. The standard InChI is InChI=1S/C18H30N2/c1-4-15(3)14-20(5-2)18(13-19-17-11-12-17)16-9-7-6-8-10-16/h6-10,15,17-19H,4-5,11-14H2,1-3H3. The van der Waals surface area contributed by atoms with Gasteiger partial charge in [-0.05, 0) is 30.9 Å². The third-order valence-electron chi connectivity index (χ3n) is 4.45. The van der Waals surface area contributed by atoms with Gasteiger partial charge in [0, 0.05) is 25.2 Å². The highest BCUT2D eigenvalue weighted by atomic mass is 15.2. The van der Waals surface area contributed by atoms with E-state index >= 15 is 0 Å². The lowest BCUT2D eigenvalue weighted by molar-refractivity contribution is 0.174. The normalized spacial score (nSPS) is 18.2. The first-order chi connectivity index (χ1) is 9.74. The maximum Gasteiger partial charge on any atom is 0.0472 e. The van der Waals surface area contributed by atoms with E-state index in [1.54, 1.807) is 0 Å². The van der Waals surface area contributed by atoms with Crippen molar-refractivity contribution in [2.24, 2.45) is 5.92 Å². The van der Waals surface area contributed by atoms with Crippen LogP contribution in [0.3, 0.4) is 0 Å². The summed E-state index contributed by atoms with van der Waals surface area (Å²) >= 11 is 0. The summed E-state index contributed by atoms with van der Waals surface area (Å²) in [6.45, 7) is 10.3. The fourth-order valence-corrected chi connectivity index (χ4v) is 2.70. The Balaban J connectivity index is 2.05. The van der Waals surface area contributed by atoms with E-state index in [0.717, 1.165) is 25.0 Å². The molecule has 2 heteroatoms. The van der Waals surface area contributed by atoms with E-state index in [2.05, 4.69) is 61.3 Å². The van der Waals surface area contributed by atoms with Gasteiger partial charge in [0.2, 0.25) is 0 Å². The molecular weight excluding hydrogens is 244 g/mol. The van der Waals surface area contributed by atoms with Gasteiger partial charge in [0.25, 0.3) is 0 Å². The average molecular weight is 274 g/mol. The molecule has 0 saturated heterocycles. The molecule has 1 fully saturated rings. The smallest absolute Gasteiger partial charge is 0.0472 e. The van der Waals surface area contributed by atoms with Crippen LogP contribution in [0.1, 0.15) is 51.6 Å². The second-order valence-electron chi connectivity index (χ2n) is 6.21. The zero-order valence-corrected chi connectivity index (χ0v) is 13.3. The third-order valence-corrected chi connectivity index (χ3v) is 4.45. The van der Waals surface area contributed by atoms with Gasteiger partial charge < -0.3 is 5.32 Å². The van der Waals surface area contributed by atoms with Crippen molar-refractivity contribution in [3.63, 3.8) is 0 Å². The summed E-state index contributed by atoms with van der Waals surface area (Å²) < 4.78 is 0. The number of benzene rings is 1. The van der Waals surface area contributed by atoms with Crippen LogP contribution in [-0.2, 0) is 0 Å². The quantitative estimate of drug-likeness (QED) is 0.736. The van der Waals surface area contributed by atoms with E-state index in [1.165, 1.54) is 31.4 Å². The molecule has 1 aliphatic rings. The maximum atomic E-state index is 3.72. The highest BCUT2D eigenvalue weighted by Crippen LogP contribution is 2.24. The number of hydrogen-bond donors (Lipinski definition) is 1. The van der Waals surface area contributed by atoms with Crippen LogP contribution in [0, 0.1) is 5.92 Å². The maximum absolute atomic E-state index is 3.72. The van der Waals surface area contributed by atoms with Gasteiger partial charge in [-0.15, -0.1) is 0 Å². The number of rotatable bonds is 9. The molecule has 0 bridgehead atoms. The molecule has 1 saturated carbocycles. The molecule has 2 atom stereocenters. The summed E-state index contributed by atoms with van der Waals surface area (Å²) in [6.07, 6.45) is 3.98. The Bertz CT molecular complexity index is 372. The van der Waals surface area contributed by atoms with Gasteiger partial charge in [0.1, 0.15) is 0 Å². The largest absolute Gasteiger partial charge is 0.312 e. The molecule has 0 aliphatic heterocycles. The molecule has 0 aromatic heterocycles. The minimum absolute atomic E-state index is 0.510. The summed E-state index contributed by atoms with van der Waals surface area (Å²) in [5.41, 5.74) is 1.45. The molecule has 0 radical (unpaired) electrons. The van der Waals surface area contributed by atoms with Crippen LogP contribution in [0.25, 0.3) is 0 Å². The summed E-state index contributed by atoms with van der Waals surface area (Å²) in [5, 5.41) is 3.72. The van der Waals surface area contributed by atoms with Gasteiger partial charge in [-0.1, -0.05) is 57.5 Å². The molecule has 0 spiro atoms. The van der Waals surface area contributed by atoms with Crippen molar-refractivity contribution in [2.45, 2.75) is 52.1 Å². The van der Waals surface area contributed by atoms with Crippen LogP contribution in [0.5, 0.6) is 0 Å². The minimum Gasteiger partial charge on any atom is -0.312 e. The Labute approximate surface area is 124 Å². The first-order valence-corrected chi connectivity index (χ1v) is 8.27. The first-order valence-electron chi connectivity index (χ1n) is 8.27. The summed E-state index contributed by atoms with van der Waals surface area (Å²) in [4.78, 5) is 2.64. The van der Waals surface area contributed by atoms with Crippen LogP contribution < -0.4 is 5.32 Å². The van der Waals surface area contributed by atoms with Gasteiger partial charge in [0.05, 0.1) is 0 Å². The van der Waals surface area contributed by atoms with E-state index < -0.39 is 0 Å². The highest BCUT2D eigenvalue weighted by Gasteiger charge is 2.25. The number of likely N-dealkylation sites (N-methyl/N-ethyl adjacent to an activating group) is 1. The van der Waals surface area contributed by atoms with Gasteiger partial charge in [0.15, 0.2) is 0 Å². The molecule has 1 aromatic rings. The van der Waals surface area contributed by atoms with E-state index in [0.29, 0.717) is 6.04 Å². The molecule has 1 aliphatic carbocycles. The Morgan fingerprint density at radius 1 is 1.20 bits per heavy atom. The molecular formula is C18H30N2. The second kappa shape index (κ2) is 7.80. The minimum atomic E-state index is 0.510. The molecule has 2 nitrogen and oxygen atoms in total.